The lowest BCUT2D eigenvalue weighted by Gasteiger charge is -2.40. The fourth-order valence-electron chi connectivity index (χ4n) is 2.88. The number of halogens is 1. The van der Waals surface area contributed by atoms with Crippen molar-refractivity contribution in [2.24, 2.45) is 0 Å². The van der Waals surface area contributed by atoms with Gasteiger partial charge in [-0.25, -0.2) is 0 Å². The van der Waals surface area contributed by atoms with E-state index in [0.29, 0.717) is 23.6 Å². The van der Waals surface area contributed by atoms with Gasteiger partial charge < -0.3 is 9.84 Å². The predicted molar refractivity (Wildman–Crippen MR) is 75.3 cm³/mol. The van der Waals surface area contributed by atoms with Gasteiger partial charge in [0.25, 0.3) is 0 Å². The summed E-state index contributed by atoms with van der Waals surface area (Å²) < 4.78 is 5.39. The van der Waals surface area contributed by atoms with Crippen molar-refractivity contribution in [2.45, 2.75) is 44.4 Å². The van der Waals surface area contributed by atoms with Gasteiger partial charge >= 0.3 is 5.97 Å². The second-order valence-electron chi connectivity index (χ2n) is 5.46. The minimum Gasteiger partial charge on any atom is -0.496 e. The lowest BCUT2D eigenvalue weighted by atomic mass is 9.62. The summed E-state index contributed by atoms with van der Waals surface area (Å²) in [5.41, 5.74) is 1.01. The second-order valence-corrected chi connectivity index (χ2v) is 5.90. The lowest BCUT2D eigenvalue weighted by molar-refractivity contribution is -0.147. The summed E-state index contributed by atoms with van der Waals surface area (Å²) in [4.78, 5) is 11.7. The fraction of sp³-hybridized carbons (Fsp3) is 0.533. The fourth-order valence-corrected chi connectivity index (χ4v) is 3.09. The molecule has 0 bridgehead atoms. The monoisotopic (exact) mass is 282 g/mol. The van der Waals surface area contributed by atoms with E-state index in [1.54, 1.807) is 19.2 Å². The van der Waals surface area contributed by atoms with Crippen molar-refractivity contribution in [1.29, 1.82) is 0 Å². The molecule has 0 atom stereocenters. The Hall–Kier alpha value is -1.22. The molecule has 4 heteroatoms. The van der Waals surface area contributed by atoms with E-state index in [1.165, 1.54) is 0 Å². The normalized spacial score (nSPS) is 17.1. The van der Waals surface area contributed by atoms with Crippen LogP contribution in [0, 0.1) is 0 Å². The number of ether oxygens (including phenoxy) is 1. The van der Waals surface area contributed by atoms with Gasteiger partial charge in [0.2, 0.25) is 0 Å². The highest BCUT2D eigenvalue weighted by molar-refractivity contribution is 6.30. The molecule has 3 nitrogen and oxygen atoms in total. The molecular formula is C15H19ClO3. The molecule has 0 radical (unpaired) electrons. The minimum absolute atomic E-state index is 0.194. The number of benzene rings is 1. The van der Waals surface area contributed by atoms with Gasteiger partial charge in [-0.2, -0.15) is 0 Å². The molecule has 0 spiro atoms. The highest BCUT2D eigenvalue weighted by Crippen LogP contribution is 2.49. The molecule has 1 aliphatic rings. The first-order chi connectivity index (χ1) is 8.92. The number of hydrogen-bond acceptors (Lipinski definition) is 2. The van der Waals surface area contributed by atoms with E-state index in [0.717, 1.165) is 17.5 Å². The van der Waals surface area contributed by atoms with Gasteiger partial charge in [0.05, 0.1) is 12.5 Å². The molecule has 1 N–H and O–H groups in total. The number of methoxy groups -OCH3 is 1. The maximum absolute atomic E-state index is 11.7. The molecule has 0 unspecified atom stereocenters. The largest absolute Gasteiger partial charge is 0.496 e. The molecule has 1 fully saturated rings. The molecule has 1 saturated carbocycles. The Bertz CT molecular complexity index is 504. The molecule has 2 rings (SSSR count). The Balaban J connectivity index is 2.67. The number of carboxylic acid groups (broad SMARTS) is 1. The van der Waals surface area contributed by atoms with Gasteiger partial charge in [-0.3, -0.25) is 4.79 Å². The van der Waals surface area contributed by atoms with Crippen LogP contribution < -0.4 is 4.74 Å². The third kappa shape index (κ3) is 2.20. The molecule has 104 valence electrons. The zero-order valence-corrected chi connectivity index (χ0v) is 12.3. The van der Waals surface area contributed by atoms with Crippen LogP contribution in [0.4, 0.5) is 0 Å². The average Bonchev–Trinajstić information content (AvgIpc) is 2.25. The molecule has 1 aliphatic carbocycles. The predicted octanol–water partition coefficient (Wildman–Crippen LogP) is 3.98. The van der Waals surface area contributed by atoms with E-state index in [-0.39, 0.29) is 5.92 Å². The van der Waals surface area contributed by atoms with E-state index < -0.39 is 11.4 Å². The molecular weight excluding hydrogens is 264 g/mol. The molecule has 0 amide bonds. The SMILES string of the molecule is COc1cc(Cl)cc(C2(C(=O)O)CCC2)c1C(C)C. The van der Waals surface area contributed by atoms with Crippen LogP contribution >= 0.6 is 11.6 Å². The molecule has 19 heavy (non-hydrogen) atoms. The Morgan fingerprint density at radius 2 is 2.05 bits per heavy atom. The van der Waals surface area contributed by atoms with Gasteiger partial charge in [-0.1, -0.05) is 31.9 Å². The van der Waals surface area contributed by atoms with Crippen molar-refractivity contribution >= 4 is 17.6 Å². The summed E-state index contributed by atoms with van der Waals surface area (Å²) in [6.07, 6.45) is 2.29. The molecule has 1 aromatic rings. The number of aliphatic carboxylic acids is 1. The summed E-state index contributed by atoms with van der Waals surface area (Å²) in [5, 5.41) is 10.1. The zero-order chi connectivity index (χ0) is 14.2. The molecule has 0 saturated heterocycles. The van der Waals surface area contributed by atoms with Crippen LogP contribution in [-0.4, -0.2) is 18.2 Å². The van der Waals surface area contributed by atoms with Crippen molar-refractivity contribution in [3.05, 3.63) is 28.3 Å². The van der Waals surface area contributed by atoms with Gasteiger partial charge in [0.15, 0.2) is 0 Å². The van der Waals surface area contributed by atoms with Gasteiger partial charge in [-0.05, 0) is 36.5 Å². The molecule has 0 aromatic heterocycles. The zero-order valence-electron chi connectivity index (χ0n) is 11.5. The standard InChI is InChI=1S/C15H19ClO3/c1-9(2)13-11(7-10(16)8-12(13)19-3)15(14(17)18)5-4-6-15/h7-9H,4-6H2,1-3H3,(H,17,18). The van der Waals surface area contributed by atoms with Crippen LogP contribution in [0.1, 0.15) is 50.2 Å². The van der Waals surface area contributed by atoms with Gasteiger partial charge in [0.1, 0.15) is 5.75 Å². The Kier molecular flexibility index (Phi) is 3.77. The highest BCUT2D eigenvalue weighted by atomic mass is 35.5. The number of hydrogen-bond donors (Lipinski definition) is 1. The van der Waals surface area contributed by atoms with E-state index >= 15 is 0 Å². The third-order valence-electron chi connectivity index (χ3n) is 4.04. The molecule has 0 heterocycles. The van der Waals surface area contributed by atoms with Crippen LogP contribution in [-0.2, 0) is 10.2 Å². The quantitative estimate of drug-likeness (QED) is 0.909. The average molecular weight is 283 g/mol. The van der Waals surface area contributed by atoms with E-state index in [4.69, 9.17) is 16.3 Å². The van der Waals surface area contributed by atoms with E-state index in [2.05, 4.69) is 0 Å². The maximum atomic E-state index is 11.7. The van der Waals surface area contributed by atoms with Crippen LogP contribution in [0.2, 0.25) is 5.02 Å². The first-order valence-electron chi connectivity index (χ1n) is 6.53. The first kappa shape index (κ1) is 14.2. The number of rotatable bonds is 4. The topological polar surface area (TPSA) is 46.5 Å². The summed E-state index contributed by atoms with van der Waals surface area (Å²) in [6.45, 7) is 4.09. The summed E-state index contributed by atoms with van der Waals surface area (Å²) in [7, 11) is 1.59. The number of carboxylic acids is 1. The highest BCUT2D eigenvalue weighted by Gasteiger charge is 2.48. The van der Waals surface area contributed by atoms with Gasteiger partial charge in [0, 0.05) is 10.6 Å². The summed E-state index contributed by atoms with van der Waals surface area (Å²) >= 11 is 6.12. The second kappa shape index (κ2) is 5.04. The van der Waals surface area contributed by atoms with Gasteiger partial charge in [-0.15, -0.1) is 0 Å². The van der Waals surface area contributed by atoms with E-state index in [1.807, 2.05) is 13.8 Å². The number of carbonyl (C=O) groups is 1. The van der Waals surface area contributed by atoms with E-state index in [9.17, 15) is 9.90 Å². The van der Waals surface area contributed by atoms with Crippen LogP contribution in [0.25, 0.3) is 0 Å². The smallest absolute Gasteiger partial charge is 0.314 e. The van der Waals surface area contributed by atoms with Crippen LogP contribution in [0.15, 0.2) is 12.1 Å². The lowest BCUT2D eigenvalue weighted by Crippen LogP contribution is -2.43. The first-order valence-corrected chi connectivity index (χ1v) is 6.91. The van der Waals surface area contributed by atoms with Crippen molar-refractivity contribution in [3.8, 4) is 5.75 Å². The Morgan fingerprint density at radius 1 is 1.42 bits per heavy atom. The molecule has 1 aromatic carbocycles. The van der Waals surface area contributed by atoms with Crippen molar-refractivity contribution < 1.29 is 14.6 Å². The van der Waals surface area contributed by atoms with Crippen LogP contribution in [0.3, 0.4) is 0 Å². The maximum Gasteiger partial charge on any atom is 0.314 e. The minimum atomic E-state index is -0.780. The van der Waals surface area contributed by atoms with Crippen molar-refractivity contribution in [2.75, 3.05) is 7.11 Å². The molecule has 0 aliphatic heterocycles. The van der Waals surface area contributed by atoms with Crippen molar-refractivity contribution in [1.82, 2.24) is 0 Å². The Morgan fingerprint density at radius 3 is 2.42 bits per heavy atom. The Labute approximate surface area is 118 Å². The van der Waals surface area contributed by atoms with Crippen LogP contribution in [0.5, 0.6) is 5.75 Å². The summed E-state index contributed by atoms with van der Waals surface area (Å²) in [5.74, 6) is 0.119. The van der Waals surface area contributed by atoms with Crippen molar-refractivity contribution in [3.63, 3.8) is 0 Å². The summed E-state index contributed by atoms with van der Waals surface area (Å²) in [6, 6.07) is 3.56. The third-order valence-corrected chi connectivity index (χ3v) is 4.25.